The van der Waals surface area contributed by atoms with Gasteiger partial charge >= 0.3 is 0 Å². The van der Waals surface area contributed by atoms with Gasteiger partial charge in [0, 0.05) is 16.9 Å². The highest BCUT2D eigenvalue weighted by atomic mass is 79.9. The van der Waals surface area contributed by atoms with Crippen molar-refractivity contribution >= 4 is 45.7 Å². The summed E-state index contributed by atoms with van der Waals surface area (Å²) in [5.74, 6) is 2.01. The summed E-state index contributed by atoms with van der Waals surface area (Å²) in [6.45, 7) is 0. The number of hydrogen-bond acceptors (Lipinski definition) is 6. The lowest BCUT2D eigenvalue weighted by atomic mass is 10.2. The largest absolute Gasteiger partial charge is 0.493 e. The molecule has 0 saturated heterocycles. The SMILES string of the molecule is COc1ccc(/C=N\n2c(Cc3cccs3)n[nH]c2=S)c(Br)c1OC. The summed E-state index contributed by atoms with van der Waals surface area (Å²) in [7, 11) is 3.19. The molecule has 0 aliphatic rings. The van der Waals surface area contributed by atoms with Gasteiger partial charge in [-0.1, -0.05) is 6.07 Å². The Bertz CT molecular complexity index is 948. The highest BCUT2D eigenvalue weighted by Gasteiger charge is 2.12. The van der Waals surface area contributed by atoms with Crippen molar-refractivity contribution in [2.75, 3.05) is 14.2 Å². The number of halogens is 1. The van der Waals surface area contributed by atoms with E-state index in [2.05, 4.69) is 37.3 Å². The molecule has 0 spiro atoms. The number of methoxy groups -OCH3 is 2. The second-order valence-corrected chi connectivity index (χ2v) is 7.17. The summed E-state index contributed by atoms with van der Waals surface area (Å²) in [5, 5.41) is 13.6. The molecule has 1 aromatic carbocycles. The van der Waals surface area contributed by atoms with Crippen LogP contribution in [-0.2, 0) is 6.42 Å². The molecule has 6 nitrogen and oxygen atoms in total. The van der Waals surface area contributed by atoms with E-state index in [1.54, 1.807) is 36.4 Å². The molecular weight excluding hydrogens is 424 g/mol. The zero-order valence-corrected chi connectivity index (χ0v) is 16.7. The van der Waals surface area contributed by atoms with E-state index in [4.69, 9.17) is 21.7 Å². The Morgan fingerprint density at radius 1 is 1.36 bits per heavy atom. The number of aromatic amines is 1. The van der Waals surface area contributed by atoms with E-state index in [0.29, 0.717) is 22.7 Å². The van der Waals surface area contributed by atoms with Crippen molar-refractivity contribution in [1.29, 1.82) is 0 Å². The monoisotopic (exact) mass is 438 g/mol. The summed E-state index contributed by atoms with van der Waals surface area (Å²) in [5.41, 5.74) is 0.836. The molecule has 0 saturated carbocycles. The Kier molecular flexibility index (Phi) is 5.67. The molecule has 3 aromatic rings. The number of thiophene rings is 1. The number of benzene rings is 1. The Morgan fingerprint density at radius 3 is 2.88 bits per heavy atom. The van der Waals surface area contributed by atoms with Gasteiger partial charge in [-0.25, -0.2) is 0 Å². The van der Waals surface area contributed by atoms with E-state index in [-0.39, 0.29) is 0 Å². The average molecular weight is 439 g/mol. The fourth-order valence-corrected chi connectivity index (χ4v) is 3.74. The molecular formula is C16H15BrN4O2S2. The molecule has 9 heteroatoms. The van der Waals surface area contributed by atoms with E-state index >= 15 is 0 Å². The zero-order valence-electron chi connectivity index (χ0n) is 13.5. The van der Waals surface area contributed by atoms with Crippen LogP contribution < -0.4 is 9.47 Å². The van der Waals surface area contributed by atoms with Crippen molar-refractivity contribution in [3.8, 4) is 11.5 Å². The number of aromatic nitrogens is 3. The number of rotatable bonds is 6. The van der Waals surface area contributed by atoms with Gasteiger partial charge in [0.1, 0.15) is 0 Å². The third-order valence-corrected chi connectivity index (χ3v) is 5.42. The van der Waals surface area contributed by atoms with Gasteiger partial charge in [-0.15, -0.1) is 11.3 Å². The van der Waals surface area contributed by atoms with E-state index in [1.165, 1.54) is 4.88 Å². The van der Waals surface area contributed by atoms with Crippen LogP contribution in [0.5, 0.6) is 11.5 Å². The minimum atomic E-state index is 0.444. The van der Waals surface area contributed by atoms with Gasteiger partial charge in [-0.3, -0.25) is 5.10 Å². The second-order valence-electron chi connectivity index (χ2n) is 4.96. The average Bonchev–Trinajstić information content (AvgIpc) is 3.24. The molecule has 0 radical (unpaired) electrons. The lowest BCUT2D eigenvalue weighted by molar-refractivity contribution is 0.353. The Hall–Kier alpha value is -1.97. The van der Waals surface area contributed by atoms with Gasteiger partial charge < -0.3 is 9.47 Å². The van der Waals surface area contributed by atoms with Crippen molar-refractivity contribution in [3.63, 3.8) is 0 Å². The first-order valence-electron chi connectivity index (χ1n) is 7.27. The molecule has 0 unspecified atom stereocenters. The molecule has 0 amide bonds. The van der Waals surface area contributed by atoms with Crippen LogP contribution in [0.25, 0.3) is 0 Å². The van der Waals surface area contributed by atoms with Gasteiger partial charge in [-0.2, -0.15) is 14.9 Å². The number of ether oxygens (including phenoxy) is 2. The molecule has 0 aliphatic carbocycles. The predicted molar refractivity (Wildman–Crippen MR) is 105 cm³/mol. The number of H-pyrrole nitrogens is 1. The first kappa shape index (κ1) is 17.8. The van der Waals surface area contributed by atoms with E-state index in [1.807, 2.05) is 23.6 Å². The van der Waals surface area contributed by atoms with E-state index < -0.39 is 0 Å². The van der Waals surface area contributed by atoms with Crippen LogP contribution in [0, 0.1) is 4.77 Å². The molecule has 0 atom stereocenters. The van der Waals surface area contributed by atoms with Crippen LogP contribution in [0.3, 0.4) is 0 Å². The van der Waals surface area contributed by atoms with Crippen molar-refractivity contribution in [1.82, 2.24) is 14.9 Å². The molecule has 130 valence electrons. The molecule has 3 rings (SSSR count). The zero-order chi connectivity index (χ0) is 17.8. The van der Waals surface area contributed by atoms with Crippen LogP contribution in [0.15, 0.2) is 39.2 Å². The summed E-state index contributed by atoms with van der Waals surface area (Å²) in [4.78, 5) is 1.19. The molecule has 1 N–H and O–H groups in total. The minimum absolute atomic E-state index is 0.444. The van der Waals surface area contributed by atoms with Gasteiger partial charge in [0.25, 0.3) is 0 Å². The third-order valence-electron chi connectivity index (χ3n) is 3.46. The van der Waals surface area contributed by atoms with E-state index in [0.717, 1.165) is 15.9 Å². The highest BCUT2D eigenvalue weighted by Crippen LogP contribution is 2.36. The van der Waals surface area contributed by atoms with Gasteiger partial charge in [0.2, 0.25) is 4.77 Å². The molecule has 0 aliphatic heterocycles. The van der Waals surface area contributed by atoms with Crippen LogP contribution >= 0.6 is 39.5 Å². The maximum Gasteiger partial charge on any atom is 0.216 e. The third kappa shape index (κ3) is 3.83. The molecule has 2 aromatic heterocycles. The molecule has 0 fully saturated rings. The smallest absolute Gasteiger partial charge is 0.216 e. The lowest BCUT2D eigenvalue weighted by Crippen LogP contribution is -2.00. The minimum Gasteiger partial charge on any atom is -0.493 e. The normalized spacial score (nSPS) is 11.2. The maximum absolute atomic E-state index is 5.38. The summed E-state index contributed by atoms with van der Waals surface area (Å²) < 4.78 is 13.5. The number of nitrogens with one attached hydrogen (secondary N) is 1. The lowest BCUT2D eigenvalue weighted by Gasteiger charge is -2.10. The topological polar surface area (TPSA) is 64.4 Å². The first-order chi connectivity index (χ1) is 12.1. The van der Waals surface area contributed by atoms with Crippen molar-refractivity contribution < 1.29 is 9.47 Å². The fourth-order valence-electron chi connectivity index (χ4n) is 2.25. The fraction of sp³-hybridized carbons (Fsp3) is 0.188. The van der Waals surface area contributed by atoms with Crippen LogP contribution in [-0.4, -0.2) is 35.3 Å². The number of nitrogens with zero attached hydrogens (tertiary/aromatic N) is 3. The summed E-state index contributed by atoms with van der Waals surface area (Å²) in [6.07, 6.45) is 2.37. The van der Waals surface area contributed by atoms with Crippen molar-refractivity contribution in [2.45, 2.75) is 6.42 Å². The van der Waals surface area contributed by atoms with Gasteiger partial charge in [-0.05, 0) is 51.7 Å². The second kappa shape index (κ2) is 7.94. The van der Waals surface area contributed by atoms with Crippen LogP contribution in [0.4, 0.5) is 0 Å². The molecule has 2 heterocycles. The first-order valence-corrected chi connectivity index (χ1v) is 9.35. The van der Waals surface area contributed by atoms with Crippen LogP contribution in [0.2, 0.25) is 0 Å². The van der Waals surface area contributed by atoms with Gasteiger partial charge in [0.15, 0.2) is 17.3 Å². The quantitative estimate of drug-likeness (QED) is 0.461. The Morgan fingerprint density at radius 2 is 2.20 bits per heavy atom. The summed E-state index contributed by atoms with van der Waals surface area (Å²) in [6, 6.07) is 7.78. The van der Waals surface area contributed by atoms with Gasteiger partial charge in [0.05, 0.1) is 24.9 Å². The number of hydrogen-bond donors (Lipinski definition) is 1. The Labute approximate surface area is 162 Å². The highest BCUT2D eigenvalue weighted by molar-refractivity contribution is 9.10. The molecule has 0 bridgehead atoms. The summed E-state index contributed by atoms with van der Waals surface area (Å²) >= 11 is 10.5. The predicted octanol–water partition coefficient (Wildman–Crippen LogP) is 4.25. The van der Waals surface area contributed by atoms with E-state index in [9.17, 15) is 0 Å². The standard InChI is InChI=1S/C16H15BrN4O2S2/c1-22-12-6-5-10(14(17)15(12)23-2)9-18-21-13(19-20-16(21)24)8-11-4-3-7-25-11/h3-7,9H,8H2,1-2H3,(H,20,24)/b18-9-. The van der Waals surface area contributed by atoms with Crippen molar-refractivity contribution in [2.24, 2.45) is 5.10 Å². The van der Waals surface area contributed by atoms with Crippen molar-refractivity contribution in [3.05, 3.63) is 55.2 Å². The van der Waals surface area contributed by atoms with Crippen LogP contribution in [0.1, 0.15) is 16.3 Å². The Balaban J connectivity index is 1.93. The molecule has 25 heavy (non-hydrogen) atoms. The maximum atomic E-state index is 5.38.